The van der Waals surface area contributed by atoms with Crippen molar-refractivity contribution >= 4 is 27.5 Å². The van der Waals surface area contributed by atoms with Crippen molar-refractivity contribution in [3.8, 4) is 5.75 Å². The van der Waals surface area contributed by atoms with E-state index < -0.39 is 10.0 Å². The number of nitrogens with one attached hydrogen (secondary N) is 2. The van der Waals surface area contributed by atoms with Crippen molar-refractivity contribution in [2.75, 3.05) is 31.5 Å². The zero-order valence-electron chi connectivity index (χ0n) is 20.0. The van der Waals surface area contributed by atoms with E-state index >= 15 is 0 Å². The summed E-state index contributed by atoms with van der Waals surface area (Å²) < 4.78 is 34.3. The quantitative estimate of drug-likeness (QED) is 0.588. The lowest BCUT2D eigenvalue weighted by molar-refractivity contribution is 0.0757. The molecule has 3 rings (SSSR count). The molecule has 1 heterocycles. The lowest BCUT2D eigenvalue weighted by atomic mass is 10.1. The van der Waals surface area contributed by atoms with Gasteiger partial charge in [0.2, 0.25) is 0 Å². The van der Waals surface area contributed by atoms with Crippen LogP contribution in [0.4, 0.5) is 5.69 Å². The number of carbonyl (C=O) groups is 2. The van der Waals surface area contributed by atoms with Gasteiger partial charge >= 0.3 is 0 Å². The smallest absolute Gasteiger partial charge is 0.261 e. The SMILES string of the molecule is COc1ccc(S(=O)(=O)Nc2ccccc2C(=O)NCC(C)C)cc1C(=O)N1CCCCCC1. The number of methoxy groups -OCH3 is 1. The zero-order chi connectivity index (χ0) is 24.7. The molecule has 184 valence electrons. The molecule has 2 aromatic rings. The number of benzene rings is 2. The molecule has 1 saturated heterocycles. The molecule has 2 aromatic carbocycles. The van der Waals surface area contributed by atoms with Gasteiger partial charge in [-0.25, -0.2) is 8.42 Å². The van der Waals surface area contributed by atoms with Crippen LogP contribution in [-0.4, -0.2) is 51.9 Å². The van der Waals surface area contributed by atoms with Crippen molar-refractivity contribution in [3.63, 3.8) is 0 Å². The van der Waals surface area contributed by atoms with Crippen LogP contribution in [0.25, 0.3) is 0 Å². The van der Waals surface area contributed by atoms with Gasteiger partial charge in [-0.05, 0) is 49.1 Å². The molecule has 0 radical (unpaired) electrons. The van der Waals surface area contributed by atoms with Crippen molar-refractivity contribution in [1.82, 2.24) is 10.2 Å². The Labute approximate surface area is 201 Å². The van der Waals surface area contributed by atoms with Crippen molar-refractivity contribution < 1.29 is 22.7 Å². The third kappa shape index (κ3) is 6.28. The minimum absolute atomic E-state index is 0.0798. The van der Waals surface area contributed by atoms with Crippen LogP contribution in [0.15, 0.2) is 47.4 Å². The summed E-state index contributed by atoms with van der Waals surface area (Å²) in [4.78, 5) is 27.5. The summed E-state index contributed by atoms with van der Waals surface area (Å²) in [6.45, 7) is 5.69. The Morgan fingerprint density at radius 1 is 1.00 bits per heavy atom. The van der Waals surface area contributed by atoms with Crippen molar-refractivity contribution in [2.24, 2.45) is 5.92 Å². The predicted octanol–water partition coefficient (Wildman–Crippen LogP) is 3.90. The summed E-state index contributed by atoms with van der Waals surface area (Å²) in [7, 11) is -2.62. The molecule has 34 heavy (non-hydrogen) atoms. The predicted molar refractivity (Wildman–Crippen MR) is 132 cm³/mol. The first-order valence-corrected chi connectivity index (χ1v) is 13.1. The molecule has 9 heteroatoms. The van der Waals surface area contributed by atoms with Gasteiger partial charge in [-0.1, -0.05) is 38.8 Å². The molecule has 0 spiro atoms. The second kappa shape index (κ2) is 11.4. The minimum atomic E-state index is -4.08. The van der Waals surface area contributed by atoms with E-state index in [1.807, 2.05) is 13.8 Å². The number of carbonyl (C=O) groups excluding carboxylic acids is 2. The molecule has 2 amide bonds. The molecular formula is C25H33N3O5S. The highest BCUT2D eigenvalue weighted by atomic mass is 32.2. The third-order valence-corrected chi connectivity index (χ3v) is 7.05. The molecule has 0 saturated carbocycles. The van der Waals surface area contributed by atoms with Gasteiger partial charge in [-0.3, -0.25) is 14.3 Å². The summed E-state index contributed by atoms with van der Waals surface area (Å²) >= 11 is 0. The molecule has 8 nitrogen and oxygen atoms in total. The summed E-state index contributed by atoms with van der Waals surface area (Å²) in [6, 6.07) is 10.6. The molecule has 1 aliphatic heterocycles. The Kier molecular flexibility index (Phi) is 8.55. The number of amides is 2. The Balaban J connectivity index is 1.89. The van der Waals surface area contributed by atoms with Gasteiger partial charge in [0.1, 0.15) is 5.75 Å². The van der Waals surface area contributed by atoms with Crippen LogP contribution in [0.3, 0.4) is 0 Å². The molecule has 1 fully saturated rings. The van der Waals surface area contributed by atoms with E-state index in [4.69, 9.17) is 4.74 Å². The fraction of sp³-hybridized carbons (Fsp3) is 0.440. The van der Waals surface area contributed by atoms with Crippen LogP contribution in [0.1, 0.15) is 60.2 Å². The van der Waals surface area contributed by atoms with Gasteiger partial charge < -0.3 is 15.0 Å². The van der Waals surface area contributed by atoms with Crippen LogP contribution in [-0.2, 0) is 10.0 Å². The van der Waals surface area contributed by atoms with E-state index in [1.54, 1.807) is 23.1 Å². The third-order valence-electron chi connectivity index (χ3n) is 5.69. The molecule has 0 bridgehead atoms. The van der Waals surface area contributed by atoms with E-state index in [0.717, 1.165) is 25.7 Å². The van der Waals surface area contributed by atoms with Crippen LogP contribution >= 0.6 is 0 Å². The lowest BCUT2D eigenvalue weighted by Crippen LogP contribution is -2.32. The second-order valence-corrected chi connectivity index (χ2v) is 10.5. The number of anilines is 1. The first-order valence-electron chi connectivity index (χ1n) is 11.6. The lowest BCUT2D eigenvalue weighted by Gasteiger charge is -2.22. The number of likely N-dealkylation sites (tertiary alicyclic amines) is 1. The highest BCUT2D eigenvalue weighted by molar-refractivity contribution is 7.92. The highest BCUT2D eigenvalue weighted by Gasteiger charge is 2.25. The van der Waals surface area contributed by atoms with Crippen molar-refractivity contribution in [2.45, 2.75) is 44.4 Å². The topological polar surface area (TPSA) is 105 Å². The van der Waals surface area contributed by atoms with Gasteiger partial charge in [0.05, 0.1) is 28.8 Å². The molecular weight excluding hydrogens is 454 g/mol. The van der Waals surface area contributed by atoms with Gasteiger partial charge in [-0.2, -0.15) is 0 Å². The van der Waals surface area contributed by atoms with Crippen molar-refractivity contribution in [1.29, 1.82) is 0 Å². The van der Waals surface area contributed by atoms with Crippen LogP contribution < -0.4 is 14.8 Å². The maximum atomic E-state index is 13.2. The van der Waals surface area contributed by atoms with E-state index in [9.17, 15) is 18.0 Å². The first-order chi connectivity index (χ1) is 16.2. The number of para-hydroxylation sites is 1. The second-order valence-electron chi connectivity index (χ2n) is 8.82. The fourth-order valence-electron chi connectivity index (χ4n) is 3.83. The van der Waals surface area contributed by atoms with E-state index in [0.29, 0.717) is 25.4 Å². The van der Waals surface area contributed by atoms with E-state index in [2.05, 4.69) is 10.0 Å². The van der Waals surface area contributed by atoms with Gasteiger partial charge in [0, 0.05) is 19.6 Å². The summed E-state index contributed by atoms with van der Waals surface area (Å²) in [5.41, 5.74) is 0.594. The normalized spacial score (nSPS) is 14.4. The first kappa shape index (κ1) is 25.6. The Morgan fingerprint density at radius 3 is 2.32 bits per heavy atom. The average Bonchev–Trinajstić information content (AvgIpc) is 3.11. The Hall–Kier alpha value is -3.07. The average molecular weight is 488 g/mol. The minimum Gasteiger partial charge on any atom is -0.496 e. The van der Waals surface area contributed by atoms with Crippen LogP contribution in [0.5, 0.6) is 5.75 Å². The highest BCUT2D eigenvalue weighted by Crippen LogP contribution is 2.27. The van der Waals surface area contributed by atoms with Crippen LogP contribution in [0.2, 0.25) is 0 Å². The largest absolute Gasteiger partial charge is 0.496 e. The molecule has 0 aliphatic carbocycles. The summed E-state index contributed by atoms with van der Waals surface area (Å²) in [5, 5.41) is 2.80. The number of hydrogen-bond acceptors (Lipinski definition) is 5. The number of ether oxygens (including phenoxy) is 1. The van der Waals surface area contributed by atoms with Gasteiger partial charge in [0.25, 0.3) is 21.8 Å². The molecule has 0 atom stereocenters. The zero-order valence-corrected chi connectivity index (χ0v) is 20.8. The number of rotatable bonds is 8. The van der Waals surface area contributed by atoms with Gasteiger partial charge in [0.15, 0.2) is 0 Å². The molecule has 1 aliphatic rings. The summed E-state index contributed by atoms with van der Waals surface area (Å²) in [6.07, 6.45) is 3.99. The number of sulfonamides is 1. The van der Waals surface area contributed by atoms with Crippen molar-refractivity contribution in [3.05, 3.63) is 53.6 Å². The number of hydrogen-bond donors (Lipinski definition) is 2. The maximum Gasteiger partial charge on any atom is 0.261 e. The molecule has 0 aromatic heterocycles. The number of nitrogens with zero attached hydrogens (tertiary/aromatic N) is 1. The maximum absolute atomic E-state index is 13.2. The standard InChI is InChI=1S/C25H33N3O5S/c1-18(2)17-26-24(29)20-10-6-7-11-22(20)27-34(31,32)19-12-13-23(33-3)21(16-19)25(30)28-14-8-4-5-9-15-28/h6-7,10-13,16,18,27H,4-5,8-9,14-15,17H2,1-3H3,(H,26,29). The molecule has 0 unspecified atom stereocenters. The monoisotopic (exact) mass is 487 g/mol. The fourth-order valence-corrected chi connectivity index (χ4v) is 4.94. The van der Waals surface area contributed by atoms with E-state index in [-0.39, 0.29) is 39.4 Å². The van der Waals surface area contributed by atoms with Crippen LogP contribution in [0, 0.1) is 5.92 Å². The summed E-state index contributed by atoms with van der Waals surface area (Å²) in [5.74, 6) is -0.0306. The Morgan fingerprint density at radius 2 is 1.68 bits per heavy atom. The van der Waals surface area contributed by atoms with Gasteiger partial charge in [-0.15, -0.1) is 0 Å². The van der Waals surface area contributed by atoms with E-state index in [1.165, 1.54) is 31.4 Å². The Bertz CT molecular complexity index is 1120. The molecule has 2 N–H and O–H groups in total.